The molecule has 2 amide bonds. The molecular weight excluding hydrogens is 214 g/mol. The number of nitrogens with zero attached hydrogens (tertiary/aromatic N) is 1. The van der Waals surface area contributed by atoms with Crippen LogP contribution in [0.5, 0.6) is 0 Å². The quantitative estimate of drug-likeness (QED) is 0.505. The molecule has 17 heavy (non-hydrogen) atoms. The molecule has 0 aliphatic carbocycles. The zero-order valence-electron chi connectivity index (χ0n) is 11.6. The summed E-state index contributed by atoms with van der Waals surface area (Å²) in [5.74, 6) is -0.233. The van der Waals surface area contributed by atoms with E-state index in [0.717, 1.165) is 31.3 Å². The Morgan fingerprint density at radius 1 is 1.06 bits per heavy atom. The van der Waals surface area contributed by atoms with Crippen LogP contribution >= 0.6 is 0 Å². The molecule has 0 bridgehead atoms. The molecule has 0 aromatic carbocycles. The molecule has 0 atom stereocenters. The second-order valence-corrected chi connectivity index (χ2v) is 4.61. The van der Waals surface area contributed by atoms with Gasteiger partial charge in [0.2, 0.25) is 11.8 Å². The van der Waals surface area contributed by atoms with Gasteiger partial charge in [0.1, 0.15) is 0 Å². The van der Waals surface area contributed by atoms with Gasteiger partial charge in [-0.1, -0.05) is 37.8 Å². The minimum Gasteiger partial charge on any atom is -0.283 e. The lowest BCUT2D eigenvalue weighted by atomic mass is 10.2. The van der Waals surface area contributed by atoms with Crippen LogP contribution in [0.1, 0.15) is 59.8 Å². The van der Waals surface area contributed by atoms with Crippen LogP contribution in [-0.4, -0.2) is 23.3 Å². The third-order valence-corrected chi connectivity index (χ3v) is 2.60. The van der Waals surface area contributed by atoms with Crippen molar-refractivity contribution in [2.75, 3.05) is 6.54 Å². The van der Waals surface area contributed by atoms with E-state index in [-0.39, 0.29) is 11.8 Å². The second-order valence-electron chi connectivity index (χ2n) is 4.61. The number of carbonyl (C=O) groups excluding carboxylic acids is 2. The third kappa shape index (κ3) is 7.72. The fraction of sp³-hybridized carbons (Fsp3) is 0.714. The number of amides is 2. The van der Waals surface area contributed by atoms with Gasteiger partial charge in [-0.3, -0.25) is 14.5 Å². The Morgan fingerprint density at radius 2 is 1.71 bits per heavy atom. The van der Waals surface area contributed by atoms with Crippen LogP contribution in [0.2, 0.25) is 0 Å². The van der Waals surface area contributed by atoms with Gasteiger partial charge in [0.05, 0.1) is 0 Å². The Labute approximate surface area is 105 Å². The summed E-state index contributed by atoms with van der Waals surface area (Å²) in [5.41, 5.74) is 1.10. The van der Waals surface area contributed by atoms with E-state index < -0.39 is 0 Å². The first-order valence-electron chi connectivity index (χ1n) is 6.43. The highest BCUT2D eigenvalue weighted by Gasteiger charge is 2.15. The minimum atomic E-state index is -0.145. The second kappa shape index (κ2) is 8.97. The van der Waals surface area contributed by atoms with E-state index in [4.69, 9.17) is 0 Å². The average molecular weight is 239 g/mol. The van der Waals surface area contributed by atoms with Gasteiger partial charge >= 0.3 is 0 Å². The van der Waals surface area contributed by atoms with Crippen LogP contribution in [-0.2, 0) is 9.59 Å². The molecule has 0 aliphatic heterocycles. The first kappa shape index (κ1) is 15.9. The van der Waals surface area contributed by atoms with Gasteiger partial charge in [-0.25, -0.2) is 0 Å². The smallest absolute Gasteiger partial charge is 0.232 e. The summed E-state index contributed by atoms with van der Waals surface area (Å²) in [4.78, 5) is 24.6. The predicted octanol–water partition coefficient (Wildman–Crippen LogP) is 3.30. The fourth-order valence-electron chi connectivity index (χ4n) is 1.56. The van der Waals surface area contributed by atoms with Crippen molar-refractivity contribution in [3.63, 3.8) is 0 Å². The molecule has 0 saturated carbocycles. The molecule has 0 saturated heterocycles. The summed E-state index contributed by atoms with van der Waals surface area (Å²) < 4.78 is 0. The van der Waals surface area contributed by atoms with Gasteiger partial charge in [-0.05, 0) is 20.3 Å². The van der Waals surface area contributed by atoms with Crippen molar-refractivity contribution in [2.45, 2.75) is 59.8 Å². The van der Waals surface area contributed by atoms with Gasteiger partial charge in [0, 0.05) is 19.9 Å². The molecule has 0 unspecified atom stereocenters. The normalized spacial score (nSPS) is 9.88. The van der Waals surface area contributed by atoms with E-state index in [1.807, 2.05) is 19.9 Å². The van der Waals surface area contributed by atoms with Crippen LogP contribution in [0.25, 0.3) is 0 Å². The molecule has 0 rings (SSSR count). The Balaban J connectivity index is 4.18. The van der Waals surface area contributed by atoms with Crippen molar-refractivity contribution in [1.82, 2.24) is 4.90 Å². The highest BCUT2D eigenvalue weighted by Crippen LogP contribution is 2.05. The summed E-state index contributed by atoms with van der Waals surface area (Å²) in [6, 6.07) is 0. The van der Waals surface area contributed by atoms with E-state index in [2.05, 4.69) is 6.92 Å². The van der Waals surface area contributed by atoms with E-state index in [1.165, 1.54) is 11.8 Å². The van der Waals surface area contributed by atoms with E-state index in [9.17, 15) is 9.59 Å². The molecule has 0 aromatic rings. The number of unbranched alkanes of at least 4 members (excludes halogenated alkanes) is 3. The van der Waals surface area contributed by atoms with Crippen molar-refractivity contribution in [1.29, 1.82) is 0 Å². The van der Waals surface area contributed by atoms with Crippen molar-refractivity contribution < 1.29 is 9.59 Å². The molecule has 0 spiro atoms. The number of hydrogen-bond donors (Lipinski definition) is 0. The monoisotopic (exact) mass is 239 g/mol. The van der Waals surface area contributed by atoms with Crippen LogP contribution in [0.15, 0.2) is 11.6 Å². The van der Waals surface area contributed by atoms with Gasteiger partial charge in [0.25, 0.3) is 0 Å². The number of hydrogen-bond acceptors (Lipinski definition) is 2. The number of allylic oxidation sites excluding steroid dienone is 1. The van der Waals surface area contributed by atoms with Gasteiger partial charge < -0.3 is 0 Å². The Kier molecular flexibility index (Phi) is 8.38. The molecule has 3 nitrogen and oxygen atoms in total. The molecule has 0 radical (unpaired) electrons. The maximum absolute atomic E-state index is 11.8. The molecular formula is C14H25NO2. The van der Waals surface area contributed by atoms with Crippen LogP contribution < -0.4 is 0 Å². The lowest BCUT2D eigenvalue weighted by molar-refractivity contribution is -0.143. The molecule has 3 heteroatoms. The topological polar surface area (TPSA) is 37.4 Å². The number of rotatable bonds is 7. The molecule has 0 aromatic heterocycles. The maximum Gasteiger partial charge on any atom is 0.232 e. The first-order valence-corrected chi connectivity index (χ1v) is 6.43. The number of imide groups is 1. The largest absolute Gasteiger partial charge is 0.283 e. The fourth-order valence-corrected chi connectivity index (χ4v) is 1.56. The summed E-state index contributed by atoms with van der Waals surface area (Å²) in [7, 11) is 0. The zero-order valence-corrected chi connectivity index (χ0v) is 11.6. The standard InChI is InChI=1S/C14H25NO2/c1-5-6-7-8-11-15(13(4)16)14(17)10-9-12(2)3/h9H,5-8,10-11H2,1-4H3. The van der Waals surface area contributed by atoms with Gasteiger partial charge in [-0.15, -0.1) is 0 Å². The Hall–Kier alpha value is -1.12. The average Bonchev–Trinajstić information content (AvgIpc) is 2.25. The van der Waals surface area contributed by atoms with Gasteiger partial charge in [0.15, 0.2) is 0 Å². The van der Waals surface area contributed by atoms with Crippen LogP contribution in [0.4, 0.5) is 0 Å². The predicted molar refractivity (Wildman–Crippen MR) is 70.6 cm³/mol. The molecule has 0 heterocycles. The Morgan fingerprint density at radius 3 is 2.18 bits per heavy atom. The lowest BCUT2D eigenvalue weighted by Gasteiger charge is -2.18. The van der Waals surface area contributed by atoms with Crippen molar-refractivity contribution in [3.05, 3.63) is 11.6 Å². The summed E-state index contributed by atoms with van der Waals surface area (Å²) >= 11 is 0. The highest BCUT2D eigenvalue weighted by atomic mass is 16.2. The van der Waals surface area contributed by atoms with Crippen LogP contribution in [0.3, 0.4) is 0 Å². The first-order chi connectivity index (χ1) is 7.99. The highest BCUT2D eigenvalue weighted by molar-refractivity contribution is 5.94. The number of carbonyl (C=O) groups is 2. The third-order valence-electron chi connectivity index (χ3n) is 2.60. The van der Waals surface area contributed by atoms with E-state index in [1.54, 1.807) is 0 Å². The molecule has 0 fully saturated rings. The SMILES string of the molecule is CCCCCCN(C(C)=O)C(=O)CC=C(C)C. The minimum absolute atomic E-state index is 0.0878. The van der Waals surface area contributed by atoms with Crippen LogP contribution in [0, 0.1) is 0 Å². The maximum atomic E-state index is 11.8. The van der Waals surface area contributed by atoms with Crippen molar-refractivity contribution in [3.8, 4) is 0 Å². The van der Waals surface area contributed by atoms with Gasteiger partial charge in [-0.2, -0.15) is 0 Å². The Bertz CT molecular complexity index is 278. The summed E-state index contributed by atoms with van der Waals surface area (Å²) in [6.07, 6.45) is 6.50. The summed E-state index contributed by atoms with van der Waals surface area (Å²) in [6.45, 7) is 8.06. The molecule has 0 aliphatic rings. The van der Waals surface area contributed by atoms with E-state index >= 15 is 0 Å². The van der Waals surface area contributed by atoms with Crippen molar-refractivity contribution >= 4 is 11.8 Å². The lowest BCUT2D eigenvalue weighted by Crippen LogP contribution is -2.35. The zero-order chi connectivity index (χ0) is 13.3. The summed E-state index contributed by atoms with van der Waals surface area (Å²) in [5, 5.41) is 0. The van der Waals surface area contributed by atoms with Crippen molar-refractivity contribution in [2.24, 2.45) is 0 Å². The van der Waals surface area contributed by atoms with E-state index in [0.29, 0.717) is 13.0 Å². The molecule has 0 N–H and O–H groups in total. The molecule has 98 valence electrons.